The molecule has 0 radical (unpaired) electrons. The fourth-order valence-corrected chi connectivity index (χ4v) is 3.45. The molecular weight excluding hydrogens is 380 g/mol. The highest BCUT2D eigenvalue weighted by atomic mass is 127. The molecule has 0 aliphatic carbocycles. The molecule has 1 atom stereocenters. The lowest BCUT2D eigenvalue weighted by Gasteiger charge is -2.39. The van der Waals surface area contributed by atoms with E-state index in [2.05, 4.69) is 42.4 Å². The van der Waals surface area contributed by atoms with Gasteiger partial charge in [0.15, 0.2) is 0 Å². The normalized spacial score (nSPS) is 13.1. The summed E-state index contributed by atoms with van der Waals surface area (Å²) >= 11 is 14.5. The van der Waals surface area contributed by atoms with E-state index in [-0.39, 0.29) is 4.05 Å². The predicted molar refractivity (Wildman–Crippen MR) is 88.1 cm³/mol. The van der Waals surface area contributed by atoms with Gasteiger partial charge in [-0.15, -0.1) is 6.42 Å². The summed E-state index contributed by atoms with van der Waals surface area (Å²) < 4.78 is 0.975. The molecule has 4 heteroatoms. The van der Waals surface area contributed by atoms with Gasteiger partial charge in [-0.25, -0.2) is 0 Å². The summed E-state index contributed by atoms with van der Waals surface area (Å²) in [5.41, 5.74) is 1.10. The van der Waals surface area contributed by atoms with Crippen molar-refractivity contribution in [2.45, 2.75) is 24.4 Å². The van der Waals surface area contributed by atoms with Crippen LogP contribution in [-0.2, 0) is 6.54 Å². The minimum atomic E-state index is 0.143. The highest BCUT2D eigenvalue weighted by molar-refractivity contribution is 14.1. The molecular formula is C14H17Cl2IN+. The quantitative estimate of drug-likeness (QED) is 0.221. The predicted octanol–water partition coefficient (Wildman–Crippen LogP) is 4.74. The zero-order chi connectivity index (χ0) is 13.8. The second-order valence-corrected chi connectivity index (χ2v) is 6.27. The van der Waals surface area contributed by atoms with Crippen molar-refractivity contribution in [1.82, 2.24) is 0 Å². The first kappa shape index (κ1) is 16.1. The molecule has 0 N–H and O–H groups in total. The van der Waals surface area contributed by atoms with Gasteiger partial charge in [-0.2, -0.15) is 0 Å². The molecule has 0 bridgehead atoms. The molecule has 0 heterocycles. The van der Waals surface area contributed by atoms with Crippen molar-refractivity contribution in [3.05, 3.63) is 33.8 Å². The number of hydrogen-bond acceptors (Lipinski definition) is 0. The third-order valence-electron chi connectivity index (χ3n) is 3.38. The Morgan fingerprint density at radius 2 is 1.94 bits per heavy atom. The number of nitrogens with zero attached hydrogens (tertiary/aromatic N) is 1. The lowest BCUT2D eigenvalue weighted by atomic mass is 10.1. The number of hydrogen-bond donors (Lipinski definition) is 0. The molecule has 0 aromatic heterocycles. The fourth-order valence-electron chi connectivity index (χ4n) is 2.00. The molecule has 98 valence electrons. The second kappa shape index (κ2) is 7.00. The lowest BCUT2D eigenvalue weighted by Crippen LogP contribution is -2.51. The molecule has 0 aliphatic rings. The highest BCUT2D eigenvalue weighted by Gasteiger charge is 2.31. The van der Waals surface area contributed by atoms with E-state index in [0.717, 1.165) is 29.7 Å². The standard InChI is InChI=1S/C14H17Cl2IN/c1-4-14(17)18(5-2,6-3)10-11-7-8-12(15)9-13(11)16/h1,7-9,14H,5-6,10H2,2-3H3/q+1. The molecule has 1 nitrogen and oxygen atoms in total. The molecule has 0 saturated carbocycles. The van der Waals surface area contributed by atoms with Crippen LogP contribution in [0.5, 0.6) is 0 Å². The van der Waals surface area contributed by atoms with Crippen molar-refractivity contribution in [3.8, 4) is 12.3 Å². The third kappa shape index (κ3) is 3.54. The molecule has 18 heavy (non-hydrogen) atoms. The van der Waals surface area contributed by atoms with Gasteiger partial charge in [-0.1, -0.05) is 29.3 Å². The topological polar surface area (TPSA) is 0 Å². The van der Waals surface area contributed by atoms with Crippen LogP contribution >= 0.6 is 45.8 Å². The molecule has 0 aliphatic heterocycles. The van der Waals surface area contributed by atoms with Gasteiger partial charge in [-0.3, -0.25) is 4.48 Å². The number of halogens is 3. The van der Waals surface area contributed by atoms with Crippen LogP contribution in [0.25, 0.3) is 0 Å². The Balaban J connectivity index is 3.08. The van der Waals surface area contributed by atoms with E-state index < -0.39 is 0 Å². The van der Waals surface area contributed by atoms with Crippen molar-refractivity contribution in [1.29, 1.82) is 0 Å². The first-order chi connectivity index (χ1) is 8.49. The van der Waals surface area contributed by atoms with Crippen LogP contribution in [0.15, 0.2) is 18.2 Å². The maximum Gasteiger partial charge on any atom is 0.200 e. The highest BCUT2D eigenvalue weighted by Crippen LogP contribution is 2.28. The van der Waals surface area contributed by atoms with Crippen molar-refractivity contribution >= 4 is 45.8 Å². The smallest absolute Gasteiger partial charge is 0.200 e. The molecule has 1 rings (SSSR count). The Bertz CT molecular complexity index is 450. The van der Waals surface area contributed by atoms with Crippen molar-refractivity contribution < 1.29 is 4.48 Å². The first-order valence-electron chi connectivity index (χ1n) is 5.89. The average molecular weight is 397 g/mol. The summed E-state index contributed by atoms with van der Waals surface area (Å²) in [5, 5.41) is 1.38. The van der Waals surface area contributed by atoms with Crippen LogP contribution in [-0.4, -0.2) is 21.6 Å². The maximum atomic E-state index is 6.25. The fraction of sp³-hybridized carbons (Fsp3) is 0.429. The molecule has 1 aromatic rings. The molecule has 1 unspecified atom stereocenters. The Morgan fingerprint density at radius 3 is 2.39 bits per heavy atom. The van der Waals surface area contributed by atoms with Gasteiger partial charge in [0.2, 0.25) is 4.05 Å². The Kier molecular flexibility index (Phi) is 6.26. The van der Waals surface area contributed by atoms with Gasteiger partial charge in [0, 0.05) is 33.2 Å². The zero-order valence-corrected chi connectivity index (χ0v) is 14.3. The maximum absolute atomic E-state index is 6.25. The molecule has 0 amide bonds. The van der Waals surface area contributed by atoms with Crippen LogP contribution < -0.4 is 0 Å². The van der Waals surface area contributed by atoms with Gasteiger partial charge in [0.05, 0.1) is 18.1 Å². The molecule has 0 saturated heterocycles. The minimum absolute atomic E-state index is 0.143. The van der Waals surface area contributed by atoms with Crippen LogP contribution in [0.1, 0.15) is 19.4 Å². The van der Waals surface area contributed by atoms with Crippen molar-refractivity contribution in [3.63, 3.8) is 0 Å². The summed E-state index contributed by atoms with van der Waals surface area (Å²) in [5.74, 6) is 2.85. The van der Waals surface area contributed by atoms with Crippen LogP contribution in [0, 0.1) is 12.3 Å². The Labute approximate surface area is 133 Å². The summed E-state index contributed by atoms with van der Waals surface area (Å²) in [7, 11) is 0. The van der Waals surface area contributed by atoms with Gasteiger partial charge in [-0.05, 0) is 31.9 Å². The summed E-state index contributed by atoms with van der Waals surface area (Å²) in [4.78, 5) is 0. The minimum Gasteiger partial charge on any atom is -0.300 e. The number of alkyl halides is 1. The van der Waals surface area contributed by atoms with E-state index in [1.807, 2.05) is 12.1 Å². The number of rotatable bonds is 5. The van der Waals surface area contributed by atoms with E-state index in [1.54, 1.807) is 6.07 Å². The van der Waals surface area contributed by atoms with Crippen LogP contribution in [0.4, 0.5) is 0 Å². The largest absolute Gasteiger partial charge is 0.300 e. The Morgan fingerprint density at radius 1 is 1.33 bits per heavy atom. The van der Waals surface area contributed by atoms with Gasteiger partial charge < -0.3 is 0 Å². The number of benzene rings is 1. The van der Waals surface area contributed by atoms with Crippen molar-refractivity contribution in [2.75, 3.05) is 13.1 Å². The average Bonchev–Trinajstić information content (AvgIpc) is 2.37. The lowest BCUT2D eigenvalue weighted by molar-refractivity contribution is -0.936. The second-order valence-electron chi connectivity index (χ2n) is 4.25. The molecule has 1 aromatic carbocycles. The van der Waals surface area contributed by atoms with Crippen LogP contribution in [0.3, 0.4) is 0 Å². The SMILES string of the molecule is C#CC(I)[N+](CC)(CC)Cc1ccc(Cl)cc1Cl. The summed E-state index contributed by atoms with van der Waals surface area (Å²) in [6.07, 6.45) is 5.60. The van der Waals surface area contributed by atoms with Gasteiger partial charge in [0.1, 0.15) is 6.54 Å². The van der Waals surface area contributed by atoms with Gasteiger partial charge in [0.25, 0.3) is 0 Å². The van der Waals surface area contributed by atoms with E-state index in [4.69, 9.17) is 29.6 Å². The van der Waals surface area contributed by atoms with E-state index in [1.165, 1.54) is 0 Å². The molecule has 0 fully saturated rings. The zero-order valence-electron chi connectivity index (χ0n) is 10.6. The summed E-state index contributed by atoms with van der Waals surface area (Å²) in [6, 6.07) is 5.65. The third-order valence-corrected chi connectivity index (χ3v) is 5.51. The van der Waals surface area contributed by atoms with E-state index in [9.17, 15) is 0 Å². The van der Waals surface area contributed by atoms with Crippen molar-refractivity contribution in [2.24, 2.45) is 0 Å². The molecule has 0 spiro atoms. The number of quaternary nitrogens is 1. The van der Waals surface area contributed by atoms with E-state index in [0.29, 0.717) is 10.0 Å². The Hall–Kier alpha value is 0.0500. The monoisotopic (exact) mass is 396 g/mol. The van der Waals surface area contributed by atoms with Crippen LogP contribution in [0.2, 0.25) is 10.0 Å². The first-order valence-corrected chi connectivity index (χ1v) is 7.89. The number of terminal acetylenes is 1. The van der Waals surface area contributed by atoms with Gasteiger partial charge >= 0.3 is 0 Å². The summed E-state index contributed by atoms with van der Waals surface area (Å²) in [6.45, 7) is 7.12. The van der Waals surface area contributed by atoms with E-state index >= 15 is 0 Å².